The number of amides is 1. The van der Waals surface area contributed by atoms with Crippen LogP contribution in [0.5, 0.6) is 0 Å². The number of ether oxygens (including phenoxy) is 1. The number of aromatic nitrogens is 4. The van der Waals surface area contributed by atoms with Gasteiger partial charge in [-0.15, -0.1) is 0 Å². The number of imidazole rings is 1. The number of fused-ring (bicyclic) bond motifs is 3. The van der Waals surface area contributed by atoms with E-state index in [0.717, 1.165) is 66.9 Å². The molecule has 1 fully saturated rings. The molecule has 33 heavy (non-hydrogen) atoms. The Bertz CT molecular complexity index is 1170. The minimum atomic E-state index is -0.315. The molecule has 5 rings (SSSR count). The third-order valence-corrected chi connectivity index (χ3v) is 7.23. The van der Waals surface area contributed by atoms with E-state index in [1.807, 2.05) is 10.9 Å². The largest absolute Gasteiger partial charge is 0.452 e. The summed E-state index contributed by atoms with van der Waals surface area (Å²) in [5.41, 5.74) is 4.22. The van der Waals surface area contributed by atoms with E-state index in [1.165, 1.54) is 7.11 Å². The predicted octanol–water partition coefficient (Wildman–Crippen LogP) is 4.52. The minimum absolute atomic E-state index is 0.0943. The van der Waals surface area contributed by atoms with Gasteiger partial charge in [-0.3, -0.25) is 9.58 Å². The molecule has 0 saturated carbocycles. The van der Waals surface area contributed by atoms with E-state index >= 15 is 0 Å². The third kappa shape index (κ3) is 3.99. The zero-order chi connectivity index (χ0) is 23.1. The summed E-state index contributed by atoms with van der Waals surface area (Å²) in [5.74, 6) is 1.22. The summed E-state index contributed by atoms with van der Waals surface area (Å²) in [4.78, 5) is 19.6. The van der Waals surface area contributed by atoms with E-state index < -0.39 is 0 Å². The Labute approximate surface area is 198 Å². The highest BCUT2D eigenvalue weighted by molar-refractivity contribution is 6.30. The zero-order valence-electron chi connectivity index (χ0n) is 19.4. The second-order valence-corrected chi connectivity index (χ2v) is 9.70. The second kappa shape index (κ2) is 8.99. The smallest absolute Gasteiger partial charge is 0.414 e. The van der Waals surface area contributed by atoms with Gasteiger partial charge in [-0.25, -0.2) is 9.78 Å². The molecule has 9 heteroatoms. The number of piperidine rings is 1. The van der Waals surface area contributed by atoms with Crippen LogP contribution in [0.4, 0.5) is 10.5 Å². The number of hydrogen-bond donors (Lipinski definition) is 1. The average molecular weight is 471 g/mol. The van der Waals surface area contributed by atoms with Gasteiger partial charge in [0.2, 0.25) is 0 Å². The van der Waals surface area contributed by atoms with Gasteiger partial charge < -0.3 is 14.6 Å². The van der Waals surface area contributed by atoms with Gasteiger partial charge in [0.1, 0.15) is 5.82 Å². The lowest BCUT2D eigenvalue weighted by Gasteiger charge is -2.34. The molecular weight excluding hydrogens is 440 g/mol. The van der Waals surface area contributed by atoms with Gasteiger partial charge in [0.25, 0.3) is 0 Å². The fraction of sp³-hybridized carbons (Fsp3) is 0.542. The highest BCUT2D eigenvalue weighted by Crippen LogP contribution is 2.39. The summed E-state index contributed by atoms with van der Waals surface area (Å²) in [6.07, 6.45) is 7.13. The first-order valence-corrected chi connectivity index (χ1v) is 12.1. The molecule has 0 unspecified atom stereocenters. The van der Waals surface area contributed by atoms with E-state index in [-0.39, 0.29) is 18.1 Å². The summed E-state index contributed by atoms with van der Waals surface area (Å²) in [5, 5.41) is 8.49. The van der Waals surface area contributed by atoms with Gasteiger partial charge in [-0.2, -0.15) is 5.10 Å². The van der Waals surface area contributed by atoms with Crippen LogP contribution in [0.25, 0.3) is 11.0 Å². The maximum Gasteiger partial charge on any atom is 0.414 e. The first-order valence-electron chi connectivity index (χ1n) is 11.8. The van der Waals surface area contributed by atoms with Crippen molar-refractivity contribution in [2.24, 2.45) is 0 Å². The first-order chi connectivity index (χ1) is 16.0. The molecule has 1 saturated heterocycles. The summed E-state index contributed by atoms with van der Waals surface area (Å²) in [6.45, 7) is 6.98. The van der Waals surface area contributed by atoms with E-state index in [2.05, 4.69) is 41.0 Å². The Morgan fingerprint density at radius 2 is 2.09 bits per heavy atom. The molecule has 1 N–H and O–H groups in total. The summed E-state index contributed by atoms with van der Waals surface area (Å²) in [6, 6.07) is 4.70. The van der Waals surface area contributed by atoms with Crippen LogP contribution < -0.4 is 10.2 Å². The van der Waals surface area contributed by atoms with Crippen LogP contribution in [0.2, 0.25) is 5.02 Å². The zero-order valence-corrected chi connectivity index (χ0v) is 20.2. The number of hydrogen-bond acceptors (Lipinski definition) is 5. The molecule has 2 aliphatic heterocycles. The Balaban J connectivity index is 1.63. The molecule has 2 aromatic heterocycles. The summed E-state index contributed by atoms with van der Waals surface area (Å²) >= 11 is 6.10. The van der Waals surface area contributed by atoms with Gasteiger partial charge in [-0.05, 0) is 57.8 Å². The highest BCUT2D eigenvalue weighted by atomic mass is 35.5. The van der Waals surface area contributed by atoms with Crippen molar-refractivity contribution >= 4 is 34.4 Å². The number of rotatable bonds is 4. The van der Waals surface area contributed by atoms with Crippen molar-refractivity contribution in [2.45, 2.75) is 64.1 Å². The van der Waals surface area contributed by atoms with Crippen molar-refractivity contribution in [2.75, 3.05) is 25.1 Å². The molecule has 1 amide bonds. The Morgan fingerprint density at radius 1 is 1.30 bits per heavy atom. The molecule has 1 aromatic carbocycles. The van der Waals surface area contributed by atoms with Crippen molar-refractivity contribution in [1.82, 2.24) is 24.6 Å². The van der Waals surface area contributed by atoms with Gasteiger partial charge in [0, 0.05) is 29.8 Å². The highest BCUT2D eigenvalue weighted by Gasteiger charge is 2.33. The van der Waals surface area contributed by atoms with E-state index in [9.17, 15) is 4.79 Å². The number of nitrogens with zero attached hydrogens (tertiary/aromatic N) is 5. The SMILES string of the molecule is COC(=O)N1c2ccc3c(nc([C@@H](C)Cn4cc(Cl)cn4)n3C3CCNCC3)c2CC[C@@H]1C. The lowest BCUT2D eigenvalue weighted by Crippen LogP contribution is -2.42. The van der Waals surface area contributed by atoms with Crippen molar-refractivity contribution in [3.63, 3.8) is 0 Å². The molecule has 2 aliphatic rings. The van der Waals surface area contributed by atoms with Crippen LogP contribution in [0.3, 0.4) is 0 Å². The van der Waals surface area contributed by atoms with Crippen molar-refractivity contribution < 1.29 is 9.53 Å². The number of carbonyl (C=O) groups is 1. The Kier molecular flexibility index (Phi) is 6.05. The van der Waals surface area contributed by atoms with Crippen LogP contribution in [-0.2, 0) is 17.7 Å². The van der Waals surface area contributed by atoms with Crippen molar-refractivity contribution in [1.29, 1.82) is 0 Å². The molecule has 3 aromatic rings. The molecule has 0 spiro atoms. The third-order valence-electron chi connectivity index (χ3n) is 7.03. The van der Waals surface area contributed by atoms with E-state index in [1.54, 1.807) is 11.1 Å². The number of methoxy groups -OCH3 is 1. The summed E-state index contributed by atoms with van der Waals surface area (Å²) in [7, 11) is 1.44. The number of halogens is 1. The number of carbonyl (C=O) groups excluding carboxylic acids is 1. The van der Waals surface area contributed by atoms with Gasteiger partial charge >= 0.3 is 6.09 Å². The number of aryl methyl sites for hydroxylation is 1. The molecule has 0 aliphatic carbocycles. The number of benzene rings is 1. The van der Waals surface area contributed by atoms with Gasteiger partial charge in [0.05, 0.1) is 41.6 Å². The fourth-order valence-electron chi connectivity index (χ4n) is 5.39. The number of nitrogens with one attached hydrogen (secondary N) is 1. The van der Waals surface area contributed by atoms with Crippen LogP contribution >= 0.6 is 11.6 Å². The van der Waals surface area contributed by atoms with Crippen molar-refractivity contribution in [3.8, 4) is 0 Å². The minimum Gasteiger partial charge on any atom is -0.452 e. The van der Waals surface area contributed by atoms with Gasteiger partial charge in [-0.1, -0.05) is 18.5 Å². The monoisotopic (exact) mass is 470 g/mol. The quantitative estimate of drug-likeness (QED) is 0.606. The van der Waals surface area contributed by atoms with Crippen molar-refractivity contribution in [3.05, 3.63) is 40.9 Å². The molecular formula is C24H31ClN6O2. The van der Waals surface area contributed by atoms with E-state index in [0.29, 0.717) is 17.6 Å². The fourth-order valence-corrected chi connectivity index (χ4v) is 5.55. The standard InChI is InChI=1S/C24H31ClN6O2/c1-15(13-29-14-17(25)12-27-29)23-28-22-19-5-4-16(2)30(24(32)33-3)20(19)6-7-21(22)31(23)18-8-10-26-11-9-18/h6-7,12,14-16,18,26H,4-5,8-11,13H2,1-3H3/t15-,16-/m0/s1. The predicted molar refractivity (Wildman–Crippen MR) is 129 cm³/mol. The van der Waals surface area contributed by atoms with Crippen LogP contribution in [0, 0.1) is 0 Å². The molecule has 0 bridgehead atoms. The Morgan fingerprint density at radius 3 is 2.79 bits per heavy atom. The first kappa shape index (κ1) is 22.2. The summed E-state index contributed by atoms with van der Waals surface area (Å²) < 4.78 is 9.43. The molecule has 4 heterocycles. The molecule has 8 nitrogen and oxygen atoms in total. The van der Waals surface area contributed by atoms with Gasteiger partial charge in [0.15, 0.2) is 0 Å². The van der Waals surface area contributed by atoms with E-state index in [4.69, 9.17) is 21.3 Å². The second-order valence-electron chi connectivity index (χ2n) is 9.26. The van der Waals surface area contributed by atoms with Crippen LogP contribution in [-0.4, -0.2) is 51.7 Å². The van der Waals surface area contributed by atoms with Crippen LogP contribution in [0.1, 0.15) is 56.5 Å². The number of anilines is 1. The topological polar surface area (TPSA) is 77.2 Å². The normalized spacial score (nSPS) is 20.1. The molecule has 176 valence electrons. The lowest BCUT2D eigenvalue weighted by atomic mass is 9.95. The Hall–Kier alpha value is -2.58. The maximum absolute atomic E-state index is 12.6. The molecule has 0 radical (unpaired) electrons. The average Bonchev–Trinajstić information content (AvgIpc) is 3.42. The lowest BCUT2D eigenvalue weighted by molar-refractivity contribution is 0.175. The molecule has 2 atom stereocenters. The maximum atomic E-state index is 12.6. The van der Waals surface area contributed by atoms with Crippen LogP contribution in [0.15, 0.2) is 24.5 Å².